The van der Waals surface area contributed by atoms with E-state index in [2.05, 4.69) is 5.10 Å². The second-order valence-electron chi connectivity index (χ2n) is 6.78. The van der Waals surface area contributed by atoms with Gasteiger partial charge in [0.05, 0.1) is 0 Å². The van der Waals surface area contributed by atoms with Gasteiger partial charge in [-0.3, -0.25) is 0 Å². The molecule has 1 N–H and O–H groups in total. The Bertz CT molecular complexity index is 1180. The number of ketones is 1. The normalized spacial score (nSPS) is 15.3. The summed E-state index contributed by atoms with van der Waals surface area (Å²) in [6, 6.07) is 15.3. The van der Waals surface area contributed by atoms with Crippen molar-refractivity contribution < 1.29 is 13.2 Å². The van der Waals surface area contributed by atoms with E-state index < -0.39 is 24.5 Å². The van der Waals surface area contributed by atoms with Gasteiger partial charge in [-0.15, -0.1) is 0 Å². The molecular weight excluding hydrogens is 455 g/mol. The van der Waals surface area contributed by atoms with E-state index in [9.17, 15) is 13.2 Å². The van der Waals surface area contributed by atoms with Crippen molar-refractivity contribution >= 4 is 30.3 Å². The topological polar surface area (TPSA) is 96.1 Å². The first-order valence-electron chi connectivity index (χ1n) is 9.32. The summed E-state index contributed by atoms with van der Waals surface area (Å²) in [6.45, 7) is 1.08. The van der Waals surface area contributed by atoms with E-state index in [0.717, 1.165) is 24.9 Å². The Kier molecular flexibility index (Phi) is 5.65. The predicted octanol–water partition coefficient (Wildman–Crippen LogP) is 1.81. The molecule has 1 saturated heterocycles. The molecule has 0 radical (unpaired) electrons. The van der Waals surface area contributed by atoms with Gasteiger partial charge in [-0.1, -0.05) is 0 Å². The number of rotatable bonds is 5. The number of benzene rings is 2. The maximum atomic E-state index is 12.8. The number of nitrogens with one attached hydrogen (secondary N) is 1. The van der Waals surface area contributed by atoms with Crippen LogP contribution in [0.5, 0.6) is 0 Å². The molecule has 0 spiro atoms. The first kappa shape index (κ1) is 20.0. The van der Waals surface area contributed by atoms with Crippen molar-refractivity contribution in [2.45, 2.75) is 24.2 Å². The summed E-state index contributed by atoms with van der Waals surface area (Å²) in [5.41, 5.74) is 1.12. The summed E-state index contributed by atoms with van der Waals surface area (Å²) >= 11 is -0.495. The predicted molar refractivity (Wildman–Crippen MR) is 109 cm³/mol. The summed E-state index contributed by atoms with van der Waals surface area (Å²) in [6.07, 6.45) is 2.81. The van der Waals surface area contributed by atoms with Crippen LogP contribution >= 0.6 is 0 Å². The molecule has 0 aliphatic carbocycles. The molecule has 4 rings (SSSR count). The number of para-hydroxylation sites is 1. The Morgan fingerprint density at radius 2 is 1.62 bits per heavy atom. The van der Waals surface area contributed by atoms with Crippen LogP contribution in [0.15, 0.2) is 59.5 Å². The van der Waals surface area contributed by atoms with Gasteiger partial charge in [-0.2, -0.15) is 0 Å². The molecule has 1 aliphatic rings. The monoisotopic (exact) mass is 476 g/mol. The van der Waals surface area contributed by atoms with E-state index in [0.29, 0.717) is 23.2 Å². The zero-order valence-electron chi connectivity index (χ0n) is 15.6. The average molecular weight is 475 g/mol. The van der Waals surface area contributed by atoms with E-state index in [-0.39, 0.29) is 15.0 Å². The molecule has 1 fully saturated rings. The maximum absolute atomic E-state index is 12.8. The van der Waals surface area contributed by atoms with Crippen LogP contribution in [-0.2, 0) is 10.0 Å². The number of piperidine rings is 1. The third-order valence-corrected chi connectivity index (χ3v) is 8.49. The second kappa shape index (κ2) is 8.20. The van der Waals surface area contributed by atoms with E-state index in [1.54, 1.807) is 0 Å². The van der Waals surface area contributed by atoms with E-state index in [1.165, 1.54) is 33.3 Å². The number of nitrogens with zero attached hydrogens (tertiary/aromatic N) is 3. The summed E-state index contributed by atoms with van der Waals surface area (Å²) in [5.74, 6) is -0.268. The van der Waals surface area contributed by atoms with Crippen molar-refractivity contribution in [3.05, 3.63) is 69.1 Å². The minimum atomic E-state index is -3.52. The first-order valence-corrected chi connectivity index (χ1v) is 12.5. The van der Waals surface area contributed by atoms with Crippen molar-refractivity contribution in [1.29, 1.82) is 5.41 Å². The number of aromatic nitrogens is 2. The molecule has 3 aromatic rings. The van der Waals surface area contributed by atoms with Gasteiger partial charge in [-0.25, -0.2) is 0 Å². The first-order chi connectivity index (χ1) is 14.0. The van der Waals surface area contributed by atoms with Crippen LogP contribution in [0.3, 0.4) is 0 Å². The van der Waals surface area contributed by atoms with Crippen LogP contribution in [0.1, 0.15) is 34.2 Å². The SMILES string of the molecule is N=c1[se]c(C(=O)c2ccc(S(=O)(=O)N3CCCCC3)cc2)nn1-c1ccccc1. The molecule has 1 aromatic heterocycles. The summed E-state index contributed by atoms with van der Waals surface area (Å²) in [5, 5.41) is 12.5. The van der Waals surface area contributed by atoms with Crippen molar-refractivity contribution in [3.8, 4) is 5.69 Å². The van der Waals surface area contributed by atoms with Crippen LogP contribution in [0.25, 0.3) is 5.69 Å². The van der Waals surface area contributed by atoms with Gasteiger partial charge in [0.15, 0.2) is 0 Å². The van der Waals surface area contributed by atoms with E-state index >= 15 is 0 Å². The number of sulfonamides is 1. The van der Waals surface area contributed by atoms with Gasteiger partial charge in [-0.05, 0) is 0 Å². The van der Waals surface area contributed by atoms with Gasteiger partial charge < -0.3 is 0 Å². The van der Waals surface area contributed by atoms with Crippen LogP contribution in [0.2, 0.25) is 0 Å². The minimum absolute atomic E-state index is 0.202. The molecule has 1 aliphatic heterocycles. The zero-order valence-corrected chi connectivity index (χ0v) is 18.1. The quantitative estimate of drug-likeness (QED) is 0.450. The summed E-state index contributed by atoms with van der Waals surface area (Å²) in [7, 11) is -3.52. The molecule has 0 unspecified atom stereocenters. The zero-order chi connectivity index (χ0) is 20.4. The molecule has 2 heterocycles. The number of hydrogen-bond donors (Lipinski definition) is 1. The van der Waals surface area contributed by atoms with Gasteiger partial charge in [0.1, 0.15) is 0 Å². The van der Waals surface area contributed by atoms with Crippen LogP contribution in [-0.4, -0.2) is 55.9 Å². The van der Waals surface area contributed by atoms with Crippen molar-refractivity contribution in [2.24, 2.45) is 0 Å². The van der Waals surface area contributed by atoms with Crippen molar-refractivity contribution in [3.63, 3.8) is 0 Å². The third kappa shape index (κ3) is 4.04. The molecule has 2 aromatic carbocycles. The van der Waals surface area contributed by atoms with Crippen LogP contribution in [0, 0.1) is 5.41 Å². The van der Waals surface area contributed by atoms with Crippen molar-refractivity contribution in [2.75, 3.05) is 13.1 Å². The molecule has 0 amide bonds. The molecule has 9 heteroatoms. The van der Waals surface area contributed by atoms with Crippen molar-refractivity contribution in [1.82, 2.24) is 14.1 Å². The standard InChI is InChI=1S/C20H20N4O3SSe/c21-20-24(16-7-3-1-4-8-16)22-19(29-20)18(25)15-9-11-17(12-10-15)28(26,27)23-13-5-2-6-14-23/h1,3-4,7-12,21H,2,5-6,13-14H2. The number of carbonyl (C=O) groups excluding carboxylic acids is 1. The fourth-order valence-electron chi connectivity index (χ4n) is 3.28. The number of carbonyl (C=O) groups is 1. The summed E-state index contributed by atoms with van der Waals surface area (Å²) < 4.78 is 29.1. The van der Waals surface area contributed by atoms with E-state index in [1.807, 2.05) is 30.3 Å². The molecular formula is C20H20N4O3SSe. The van der Waals surface area contributed by atoms with Gasteiger partial charge in [0.2, 0.25) is 0 Å². The van der Waals surface area contributed by atoms with E-state index in [4.69, 9.17) is 5.41 Å². The Balaban J connectivity index is 1.58. The Morgan fingerprint density at radius 3 is 2.28 bits per heavy atom. The van der Waals surface area contributed by atoms with Gasteiger partial charge in [0, 0.05) is 0 Å². The Morgan fingerprint density at radius 1 is 0.966 bits per heavy atom. The fourth-order valence-corrected chi connectivity index (χ4v) is 6.37. The summed E-state index contributed by atoms with van der Waals surface area (Å²) in [4.78, 5) is 13.0. The molecule has 0 atom stereocenters. The third-order valence-electron chi connectivity index (χ3n) is 4.84. The Hall–Kier alpha value is -2.32. The second-order valence-corrected chi connectivity index (χ2v) is 10.8. The number of hydrogen-bond acceptors (Lipinski definition) is 5. The average Bonchev–Trinajstić information content (AvgIpc) is 3.16. The molecule has 0 saturated carbocycles. The molecule has 7 nitrogen and oxygen atoms in total. The molecule has 0 bridgehead atoms. The molecule has 29 heavy (non-hydrogen) atoms. The Labute approximate surface area is 174 Å². The van der Waals surface area contributed by atoms with Gasteiger partial charge >= 0.3 is 175 Å². The van der Waals surface area contributed by atoms with Gasteiger partial charge in [0.25, 0.3) is 0 Å². The van der Waals surface area contributed by atoms with Crippen LogP contribution < -0.4 is 4.36 Å². The fraction of sp³-hybridized carbons (Fsp3) is 0.250. The van der Waals surface area contributed by atoms with Crippen LogP contribution in [0.4, 0.5) is 0 Å². The molecule has 150 valence electrons.